The first-order chi connectivity index (χ1) is 17.2. The van der Waals surface area contributed by atoms with E-state index in [1.54, 1.807) is 12.4 Å². The van der Waals surface area contributed by atoms with Crippen LogP contribution in [-0.2, 0) is 18.3 Å². The highest BCUT2D eigenvalue weighted by atomic mass is 16.5. The van der Waals surface area contributed by atoms with E-state index in [-0.39, 0.29) is 11.9 Å². The number of aryl methyl sites for hydroxylation is 1. The summed E-state index contributed by atoms with van der Waals surface area (Å²) in [5, 5.41) is 7.25. The van der Waals surface area contributed by atoms with Gasteiger partial charge < -0.3 is 29.6 Å². The van der Waals surface area contributed by atoms with E-state index in [0.29, 0.717) is 49.3 Å². The van der Waals surface area contributed by atoms with Gasteiger partial charge in [-0.3, -0.25) is 9.78 Å². The standard InChI is InChI=1S/C25H23N7O3/c1-31-7-5-16-15(4-6-26-23(16)31)22-17-10-28-24(33)21(17)18(11-27-22)29-20-3-2-19-25(30-20)35-13-14-12-34-9-8-32(14)19/h2-7,11,14H,8-10,12-13H2,1H3,(H,28,33)(H,29,30)/t14-/m0/s1. The number of hydrogen-bond acceptors (Lipinski definition) is 8. The number of rotatable bonds is 3. The molecule has 1 atom stereocenters. The van der Waals surface area contributed by atoms with Gasteiger partial charge in [0.1, 0.15) is 23.8 Å². The third-order valence-electron chi connectivity index (χ3n) is 6.91. The van der Waals surface area contributed by atoms with Crippen molar-refractivity contribution in [2.24, 2.45) is 7.05 Å². The maximum absolute atomic E-state index is 12.9. The number of ether oxygens (including phenoxy) is 2. The Labute approximate surface area is 200 Å². The van der Waals surface area contributed by atoms with Crippen molar-refractivity contribution in [1.29, 1.82) is 0 Å². The zero-order valence-corrected chi connectivity index (χ0v) is 19.1. The van der Waals surface area contributed by atoms with Gasteiger partial charge in [0.25, 0.3) is 5.91 Å². The summed E-state index contributed by atoms with van der Waals surface area (Å²) in [6, 6.07) is 8.10. The van der Waals surface area contributed by atoms with E-state index < -0.39 is 0 Å². The average Bonchev–Trinajstić information content (AvgIpc) is 3.47. The van der Waals surface area contributed by atoms with E-state index >= 15 is 0 Å². The summed E-state index contributed by atoms with van der Waals surface area (Å²) < 4.78 is 13.5. The van der Waals surface area contributed by atoms with E-state index in [1.807, 2.05) is 42.1 Å². The molecule has 2 N–H and O–H groups in total. The molecule has 1 saturated heterocycles. The zero-order valence-electron chi connectivity index (χ0n) is 19.1. The molecule has 3 aliphatic rings. The number of fused-ring (bicyclic) bond motifs is 5. The molecular formula is C25H23N7O3. The molecule has 3 aliphatic heterocycles. The summed E-state index contributed by atoms with van der Waals surface area (Å²) in [5.41, 5.74) is 5.64. The van der Waals surface area contributed by atoms with E-state index in [0.717, 1.165) is 40.1 Å². The Morgan fingerprint density at radius 1 is 1.17 bits per heavy atom. The Kier molecular flexibility index (Phi) is 4.43. The molecular weight excluding hydrogens is 446 g/mol. The minimum atomic E-state index is -0.130. The van der Waals surface area contributed by atoms with Crippen LogP contribution in [0, 0.1) is 0 Å². The van der Waals surface area contributed by atoms with Gasteiger partial charge in [-0.1, -0.05) is 0 Å². The van der Waals surface area contributed by atoms with Crippen LogP contribution in [0.4, 0.5) is 17.2 Å². The second-order valence-electron chi connectivity index (χ2n) is 8.96. The molecule has 0 saturated carbocycles. The third kappa shape index (κ3) is 3.13. The van der Waals surface area contributed by atoms with Crippen LogP contribution in [-0.4, -0.2) is 57.8 Å². The van der Waals surface area contributed by atoms with Crippen molar-refractivity contribution >= 4 is 34.1 Å². The van der Waals surface area contributed by atoms with Gasteiger partial charge in [0.2, 0.25) is 5.88 Å². The molecule has 7 rings (SSSR count). The predicted molar refractivity (Wildman–Crippen MR) is 130 cm³/mol. The number of aromatic nitrogens is 4. The maximum atomic E-state index is 12.9. The Morgan fingerprint density at radius 2 is 2.11 bits per heavy atom. The van der Waals surface area contributed by atoms with Crippen molar-refractivity contribution < 1.29 is 14.3 Å². The first-order valence-electron chi connectivity index (χ1n) is 11.6. The number of morpholine rings is 1. The van der Waals surface area contributed by atoms with Gasteiger partial charge in [-0.15, -0.1) is 0 Å². The quantitative estimate of drug-likeness (QED) is 0.472. The van der Waals surface area contributed by atoms with E-state index in [9.17, 15) is 4.79 Å². The van der Waals surface area contributed by atoms with E-state index in [4.69, 9.17) is 14.5 Å². The number of pyridine rings is 3. The number of anilines is 3. The van der Waals surface area contributed by atoms with Crippen LogP contribution in [0.3, 0.4) is 0 Å². The van der Waals surface area contributed by atoms with Crippen LogP contribution >= 0.6 is 0 Å². The van der Waals surface area contributed by atoms with Crippen molar-refractivity contribution in [2.75, 3.05) is 36.6 Å². The van der Waals surface area contributed by atoms with Gasteiger partial charge in [0.05, 0.1) is 42.4 Å². The Bertz CT molecular complexity index is 1500. The molecule has 0 bridgehead atoms. The molecule has 4 aromatic rings. The highest BCUT2D eigenvalue weighted by Gasteiger charge is 2.32. The molecule has 10 nitrogen and oxygen atoms in total. The van der Waals surface area contributed by atoms with E-state index in [2.05, 4.69) is 25.5 Å². The number of carbonyl (C=O) groups excluding carboxylic acids is 1. The van der Waals surface area contributed by atoms with Crippen LogP contribution in [0.2, 0.25) is 0 Å². The molecule has 176 valence electrons. The fourth-order valence-corrected chi connectivity index (χ4v) is 5.19. The number of carbonyl (C=O) groups is 1. The molecule has 0 aromatic carbocycles. The monoisotopic (exact) mass is 469 g/mol. The van der Waals surface area contributed by atoms with Gasteiger partial charge in [0, 0.05) is 49.0 Å². The van der Waals surface area contributed by atoms with E-state index in [1.165, 1.54) is 0 Å². The Hall–Kier alpha value is -4.18. The predicted octanol–water partition coefficient (Wildman–Crippen LogP) is 2.61. The average molecular weight is 470 g/mol. The summed E-state index contributed by atoms with van der Waals surface area (Å²) in [6.45, 7) is 3.13. The number of nitrogens with one attached hydrogen (secondary N) is 2. The van der Waals surface area contributed by atoms with Gasteiger partial charge >= 0.3 is 0 Å². The zero-order chi connectivity index (χ0) is 23.5. The number of nitrogens with zero attached hydrogens (tertiary/aromatic N) is 5. The molecule has 1 amide bonds. The summed E-state index contributed by atoms with van der Waals surface area (Å²) in [6.07, 6.45) is 5.45. The third-order valence-corrected chi connectivity index (χ3v) is 6.91. The largest absolute Gasteiger partial charge is 0.474 e. The summed E-state index contributed by atoms with van der Waals surface area (Å²) in [5.74, 6) is 1.05. The summed E-state index contributed by atoms with van der Waals surface area (Å²) in [4.78, 5) is 29.1. The topological polar surface area (TPSA) is 106 Å². The lowest BCUT2D eigenvalue weighted by molar-refractivity contribution is 0.0693. The highest BCUT2D eigenvalue weighted by molar-refractivity contribution is 6.06. The minimum absolute atomic E-state index is 0.130. The van der Waals surface area contributed by atoms with Crippen molar-refractivity contribution in [3.05, 3.63) is 54.0 Å². The van der Waals surface area contributed by atoms with Crippen molar-refractivity contribution in [2.45, 2.75) is 12.6 Å². The van der Waals surface area contributed by atoms with Gasteiger partial charge in [-0.25, -0.2) is 4.98 Å². The van der Waals surface area contributed by atoms with Crippen LogP contribution in [0.15, 0.2) is 42.9 Å². The van der Waals surface area contributed by atoms with Crippen molar-refractivity contribution in [3.63, 3.8) is 0 Å². The minimum Gasteiger partial charge on any atom is -0.474 e. The summed E-state index contributed by atoms with van der Waals surface area (Å²) in [7, 11) is 1.96. The molecule has 1 fully saturated rings. The number of hydrogen-bond donors (Lipinski definition) is 2. The van der Waals surface area contributed by atoms with Crippen LogP contribution in [0.5, 0.6) is 5.88 Å². The first-order valence-corrected chi connectivity index (χ1v) is 11.6. The first kappa shape index (κ1) is 20.2. The normalized spacial score (nSPS) is 18.5. The van der Waals surface area contributed by atoms with Gasteiger partial charge in [-0.05, 0) is 24.3 Å². The van der Waals surface area contributed by atoms with Gasteiger partial charge in [-0.2, -0.15) is 4.98 Å². The maximum Gasteiger partial charge on any atom is 0.254 e. The smallest absolute Gasteiger partial charge is 0.254 e. The fraction of sp³-hybridized carbons (Fsp3) is 0.280. The Morgan fingerprint density at radius 3 is 3.06 bits per heavy atom. The van der Waals surface area contributed by atoms with Gasteiger partial charge in [0.15, 0.2) is 0 Å². The van der Waals surface area contributed by atoms with Crippen molar-refractivity contribution in [1.82, 2.24) is 24.8 Å². The highest BCUT2D eigenvalue weighted by Crippen LogP contribution is 2.38. The summed E-state index contributed by atoms with van der Waals surface area (Å²) >= 11 is 0. The second-order valence-corrected chi connectivity index (χ2v) is 8.96. The Balaban J connectivity index is 1.26. The lowest BCUT2D eigenvalue weighted by atomic mass is 10.0. The second kappa shape index (κ2) is 7.67. The van der Waals surface area contributed by atoms with Crippen LogP contribution in [0.25, 0.3) is 22.3 Å². The molecule has 0 aliphatic carbocycles. The molecule has 0 radical (unpaired) electrons. The van der Waals surface area contributed by atoms with Crippen molar-refractivity contribution in [3.8, 4) is 17.1 Å². The molecule has 10 heteroatoms. The SMILES string of the molecule is Cn1ccc2c(-c3ncc(Nc4ccc5c(n4)OC[C@@H]4COCCN54)c4c3CNC4=O)ccnc21. The molecule has 0 unspecified atom stereocenters. The lowest BCUT2D eigenvalue weighted by Gasteiger charge is -2.40. The molecule has 7 heterocycles. The number of amides is 1. The molecule has 0 spiro atoms. The fourth-order valence-electron chi connectivity index (χ4n) is 5.19. The lowest BCUT2D eigenvalue weighted by Crippen LogP contribution is -2.51. The molecule has 35 heavy (non-hydrogen) atoms. The van der Waals surface area contributed by atoms with Crippen LogP contribution in [0.1, 0.15) is 15.9 Å². The van der Waals surface area contributed by atoms with Crippen LogP contribution < -0.4 is 20.3 Å². The molecule has 4 aromatic heterocycles.